The van der Waals surface area contributed by atoms with Crippen LogP contribution in [-0.4, -0.2) is 16.8 Å². The summed E-state index contributed by atoms with van der Waals surface area (Å²) in [5.74, 6) is -0.321. The summed E-state index contributed by atoms with van der Waals surface area (Å²) in [6.07, 6.45) is 0.501. The molecule has 0 radical (unpaired) electrons. The van der Waals surface area contributed by atoms with Crippen LogP contribution in [0.4, 0.5) is 4.39 Å². The Labute approximate surface area is 103 Å². The lowest BCUT2D eigenvalue weighted by Gasteiger charge is -2.15. The third kappa shape index (κ3) is 3.93. The Balaban J connectivity index is 2.43. The third-order valence-corrected chi connectivity index (χ3v) is 2.54. The number of rotatable bonds is 4. The normalized spacial score (nSPS) is 11.2. The second kappa shape index (κ2) is 5.43. The van der Waals surface area contributed by atoms with Crippen LogP contribution in [0.5, 0.6) is 0 Å². The van der Waals surface area contributed by atoms with Gasteiger partial charge < -0.3 is 5.32 Å². The Hall–Kier alpha value is -0.900. The summed E-state index contributed by atoms with van der Waals surface area (Å²) in [6.45, 7) is 3.98. The molecule has 88 valence electrons. The van der Waals surface area contributed by atoms with Gasteiger partial charge in [0.05, 0.1) is 4.32 Å². The van der Waals surface area contributed by atoms with E-state index in [0.717, 1.165) is 0 Å². The largest absolute Gasteiger partial charge is 0.355 e. The van der Waals surface area contributed by atoms with Gasteiger partial charge in [0.1, 0.15) is 5.82 Å². The number of carbonyl (C=O) groups excluding carboxylic acids is 1. The first-order valence-electron chi connectivity index (χ1n) is 5.12. The van der Waals surface area contributed by atoms with Crippen LogP contribution in [-0.2, 0) is 11.2 Å². The van der Waals surface area contributed by atoms with E-state index in [4.69, 9.17) is 0 Å². The molecule has 0 saturated carbocycles. The molecule has 1 amide bonds. The van der Waals surface area contributed by atoms with Gasteiger partial charge in [-0.05, 0) is 31.9 Å². The molecule has 2 nitrogen and oxygen atoms in total. The lowest BCUT2D eigenvalue weighted by molar-refractivity contribution is -0.122. The van der Waals surface area contributed by atoms with E-state index in [-0.39, 0.29) is 11.7 Å². The van der Waals surface area contributed by atoms with Crippen molar-refractivity contribution < 1.29 is 9.18 Å². The van der Waals surface area contributed by atoms with E-state index in [1.807, 2.05) is 0 Å². The zero-order chi connectivity index (χ0) is 12.2. The second-order valence-electron chi connectivity index (χ2n) is 4.07. The standard InChI is InChI=1S/C12H15BrFNO/c1-12(2,13)11(16)15-8-7-9-5-3-4-6-10(9)14/h3-6H,7-8H2,1-2H3,(H,15,16). The molecular weight excluding hydrogens is 273 g/mol. The average molecular weight is 288 g/mol. The number of benzene rings is 1. The Bertz CT molecular complexity index is 374. The van der Waals surface area contributed by atoms with Crippen LogP contribution in [0.15, 0.2) is 24.3 Å². The maximum Gasteiger partial charge on any atom is 0.236 e. The molecule has 0 fully saturated rings. The van der Waals surface area contributed by atoms with E-state index in [9.17, 15) is 9.18 Å². The van der Waals surface area contributed by atoms with Gasteiger partial charge in [0, 0.05) is 6.54 Å². The maximum atomic E-state index is 13.2. The molecule has 1 aromatic rings. The Morgan fingerprint density at radius 1 is 1.44 bits per heavy atom. The summed E-state index contributed by atoms with van der Waals surface area (Å²) in [4.78, 5) is 11.5. The van der Waals surface area contributed by atoms with Crippen molar-refractivity contribution in [3.8, 4) is 0 Å². The molecule has 0 heterocycles. The molecule has 0 spiro atoms. The van der Waals surface area contributed by atoms with Gasteiger partial charge >= 0.3 is 0 Å². The van der Waals surface area contributed by atoms with Crippen LogP contribution in [0.25, 0.3) is 0 Å². The van der Waals surface area contributed by atoms with Crippen molar-refractivity contribution in [1.29, 1.82) is 0 Å². The minimum atomic E-state index is -0.581. The van der Waals surface area contributed by atoms with Gasteiger partial charge in [-0.1, -0.05) is 34.1 Å². The fourth-order valence-electron chi connectivity index (χ4n) is 1.22. The number of hydrogen-bond acceptors (Lipinski definition) is 1. The maximum absolute atomic E-state index is 13.2. The molecule has 0 aromatic heterocycles. The van der Waals surface area contributed by atoms with Crippen molar-refractivity contribution >= 4 is 21.8 Å². The van der Waals surface area contributed by atoms with Crippen molar-refractivity contribution in [1.82, 2.24) is 5.32 Å². The van der Waals surface area contributed by atoms with Gasteiger partial charge in [-0.2, -0.15) is 0 Å². The molecule has 0 aliphatic heterocycles. The number of alkyl halides is 1. The molecule has 16 heavy (non-hydrogen) atoms. The minimum Gasteiger partial charge on any atom is -0.355 e. The Morgan fingerprint density at radius 2 is 2.06 bits per heavy atom. The molecule has 1 N–H and O–H groups in total. The second-order valence-corrected chi connectivity index (χ2v) is 6.05. The van der Waals surface area contributed by atoms with Crippen molar-refractivity contribution in [3.05, 3.63) is 35.6 Å². The van der Waals surface area contributed by atoms with Gasteiger partial charge in [0.25, 0.3) is 0 Å². The van der Waals surface area contributed by atoms with Crippen LogP contribution < -0.4 is 5.32 Å². The SMILES string of the molecule is CC(C)(Br)C(=O)NCCc1ccccc1F. The summed E-state index contributed by atoms with van der Waals surface area (Å²) < 4.78 is 12.6. The quantitative estimate of drug-likeness (QED) is 0.848. The number of hydrogen-bond donors (Lipinski definition) is 1. The molecule has 0 saturated heterocycles. The van der Waals surface area contributed by atoms with Gasteiger partial charge in [0.2, 0.25) is 5.91 Å². The number of carbonyl (C=O) groups is 1. The van der Waals surface area contributed by atoms with E-state index >= 15 is 0 Å². The van der Waals surface area contributed by atoms with E-state index in [2.05, 4.69) is 21.2 Å². The predicted molar refractivity (Wildman–Crippen MR) is 66.1 cm³/mol. The van der Waals surface area contributed by atoms with E-state index < -0.39 is 4.32 Å². The predicted octanol–water partition coefficient (Wildman–Crippen LogP) is 2.66. The first-order chi connectivity index (χ1) is 7.41. The molecule has 0 unspecified atom stereocenters. The fraction of sp³-hybridized carbons (Fsp3) is 0.417. The number of nitrogens with one attached hydrogen (secondary N) is 1. The van der Waals surface area contributed by atoms with Crippen LogP contribution in [0.1, 0.15) is 19.4 Å². The average Bonchev–Trinajstić information content (AvgIpc) is 2.19. The van der Waals surface area contributed by atoms with Crippen LogP contribution in [0.2, 0.25) is 0 Å². The molecule has 1 aromatic carbocycles. The highest BCUT2D eigenvalue weighted by molar-refractivity contribution is 9.10. The summed E-state index contributed by atoms with van der Waals surface area (Å²) in [5, 5.41) is 2.75. The first kappa shape index (κ1) is 13.2. The van der Waals surface area contributed by atoms with Gasteiger partial charge in [0.15, 0.2) is 0 Å². The Kier molecular flexibility index (Phi) is 4.47. The summed E-state index contributed by atoms with van der Waals surface area (Å²) in [5.41, 5.74) is 0.621. The minimum absolute atomic E-state index is 0.0937. The van der Waals surface area contributed by atoms with Gasteiger partial charge in [-0.15, -0.1) is 0 Å². The topological polar surface area (TPSA) is 29.1 Å². The lowest BCUT2D eigenvalue weighted by Crippen LogP contribution is -2.38. The third-order valence-electron chi connectivity index (χ3n) is 2.18. The van der Waals surface area contributed by atoms with Crippen LogP contribution in [0.3, 0.4) is 0 Å². The summed E-state index contributed by atoms with van der Waals surface area (Å²) in [6, 6.07) is 6.58. The highest BCUT2D eigenvalue weighted by Gasteiger charge is 2.22. The van der Waals surface area contributed by atoms with E-state index in [1.54, 1.807) is 32.0 Å². The first-order valence-corrected chi connectivity index (χ1v) is 5.91. The molecule has 4 heteroatoms. The monoisotopic (exact) mass is 287 g/mol. The van der Waals surface area contributed by atoms with Crippen molar-refractivity contribution in [2.75, 3.05) is 6.54 Å². The van der Waals surface area contributed by atoms with E-state index in [1.165, 1.54) is 6.07 Å². The molecule has 1 rings (SSSR count). The smallest absolute Gasteiger partial charge is 0.236 e. The van der Waals surface area contributed by atoms with Crippen molar-refractivity contribution in [2.24, 2.45) is 0 Å². The molecule has 0 atom stereocenters. The van der Waals surface area contributed by atoms with Crippen molar-refractivity contribution in [3.63, 3.8) is 0 Å². The highest BCUT2D eigenvalue weighted by atomic mass is 79.9. The van der Waals surface area contributed by atoms with Gasteiger partial charge in [-0.3, -0.25) is 4.79 Å². The lowest BCUT2D eigenvalue weighted by atomic mass is 10.1. The molecule has 0 bridgehead atoms. The fourth-order valence-corrected chi connectivity index (χ4v) is 1.36. The molecule has 0 aliphatic carbocycles. The zero-order valence-corrected chi connectivity index (χ0v) is 11.0. The number of halogens is 2. The number of amides is 1. The summed E-state index contributed by atoms with van der Waals surface area (Å²) >= 11 is 3.26. The van der Waals surface area contributed by atoms with Gasteiger partial charge in [-0.25, -0.2) is 4.39 Å². The van der Waals surface area contributed by atoms with E-state index in [0.29, 0.717) is 18.5 Å². The highest BCUT2D eigenvalue weighted by Crippen LogP contribution is 2.15. The summed E-state index contributed by atoms with van der Waals surface area (Å²) in [7, 11) is 0. The molecule has 0 aliphatic rings. The van der Waals surface area contributed by atoms with Crippen LogP contribution in [0, 0.1) is 5.82 Å². The zero-order valence-electron chi connectivity index (χ0n) is 9.39. The Morgan fingerprint density at radius 3 is 2.62 bits per heavy atom. The van der Waals surface area contributed by atoms with Crippen LogP contribution >= 0.6 is 15.9 Å². The molecular formula is C12H15BrFNO. The van der Waals surface area contributed by atoms with Crippen molar-refractivity contribution in [2.45, 2.75) is 24.6 Å².